The Labute approximate surface area is 164 Å². The van der Waals surface area contributed by atoms with Crippen LogP contribution in [0.1, 0.15) is 11.4 Å². The zero-order valence-corrected chi connectivity index (χ0v) is 15.4. The standard InChI is InChI=1S/C24H21N3O/c28-18-17-27(23-12-5-8-19-7-1-2-11-22(19)23)24-13-6-10-21(26-24)15-14-20-9-3-4-16-25-20/h1-16,28H,17-18H2/b15-14+. The zero-order valence-electron chi connectivity index (χ0n) is 15.4. The third-order valence-corrected chi connectivity index (χ3v) is 4.53. The molecule has 2 aromatic carbocycles. The third-order valence-electron chi connectivity index (χ3n) is 4.53. The molecule has 0 aliphatic rings. The molecule has 0 atom stereocenters. The number of rotatable bonds is 6. The number of pyridine rings is 2. The van der Waals surface area contributed by atoms with Gasteiger partial charge in [0.05, 0.1) is 23.7 Å². The van der Waals surface area contributed by atoms with Gasteiger partial charge in [0.2, 0.25) is 0 Å². The smallest absolute Gasteiger partial charge is 0.133 e. The Morgan fingerprint density at radius 3 is 2.39 bits per heavy atom. The third kappa shape index (κ3) is 3.92. The van der Waals surface area contributed by atoms with Crippen LogP contribution in [0.4, 0.5) is 11.5 Å². The summed E-state index contributed by atoms with van der Waals surface area (Å²) in [6.45, 7) is 0.507. The summed E-state index contributed by atoms with van der Waals surface area (Å²) in [6.07, 6.45) is 5.67. The molecule has 1 N–H and O–H groups in total. The van der Waals surface area contributed by atoms with Crippen LogP contribution in [-0.2, 0) is 0 Å². The van der Waals surface area contributed by atoms with Crippen molar-refractivity contribution in [2.24, 2.45) is 0 Å². The molecule has 0 fully saturated rings. The number of fused-ring (bicyclic) bond motifs is 1. The van der Waals surface area contributed by atoms with Crippen molar-refractivity contribution in [2.45, 2.75) is 0 Å². The average Bonchev–Trinajstić information content (AvgIpc) is 2.77. The van der Waals surface area contributed by atoms with Gasteiger partial charge < -0.3 is 10.0 Å². The molecular weight excluding hydrogens is 346 g/mol. The van der Waals surface area contributed by atoms with Crippen molar-refractivity contribution in [3.63, 3.8) is 0 Å². The van der Waals surface area contributed by atoms with E-state index in [1.807, 2.05) is 66.7 Å². The van der Waals surface area contributed by atoms with Crippen molar-refractivity contribution in [2.75, 3.05) is 18.1 Å². The molecule has 4 heteroatoms. The lowest BCUT2D eigenvalue weighted by Gasteiger charge is -2.25. The van der Waals surface area contributed by atoms with Crippen LogP contribution in [0.25, 0.3) is 22.9 Å². The molecule has 0 spiro atoms. The van der Waals surface area contributed by atoms with E-state index in [4.69, 9.17) is 4.98 Å². The Bertz CT molecular complexity index is 1090. The van der Waals surface area contributed by atoms with E-state index in [0.29, 0.717) is 6.54 Å². The number of hydrogen-bond donors (Lipinski definition) is 1. The number of benzene rings is 2. The van der Waals surface area contributed by atoms with Crippen LogP contribution in [0.2, 0.25) is 0 Å². The van der Waals surface area contributed by atoms with E-state index in [1.165, 1.54) is 0 Å². The topological polar surface area (TPSA) is 49.2 Å². The van der Waals surface area contributed by atoms with Gasteiger partial charge in [0, 0.05) is 18.1 Å². The molecule has 4 aromatic rings. The molecular formula is C24H21N3O. The number of aliphatic hydroxyl groups excluding tert-OH is 1. The normalized spacial score (nSPS) is 11.2. The van der Waals surface area contributed by atoms with Crippen LogP contribution < -0.4 is 4.90 Å². The van der Waals surface area contributed by atoms with Gasteiger partial charge in [-0.25, -0.2) is 4.98 Å². The monoisotopic (exact) mass is 367 g/mol. The number of nitrogens with zero attached hydrogens (tertiary/aromatic N) is 3. The predicted molar refractivity (Wildman–Crippen MR) is 115 cm³/mol. The van der Waals surface area contributed by atoms with E-state index in [1.54, 1.807) is 6.20 Å². The van der Waals surface area contributed by atoms with E-state index in [0.717, 1.165) is 33.7 Å². The van der Waals surface area contributed by atoms with Gasteiger partial charge in [-0.1, -0.05) is 48.5 Å². The van der Waals surface area contributed by atoms with E-state index >= 15 is 0 Å². The van der Waals surface area contributed by atoms with E-state index in [2.05, 4.69) is 34.1 Å². The minimum absolute atomic E-state index is 0.0406. The first-order valence-corrected chi connectivity index (χ1v) is 9.27. The fraction of sp³-hybridized carbons (Fsp3) is 0.0833. The lowest BCUT2D eigenvalue weighted by atomic mass is 10.1. The van der Waals surface area contributed by atoms with Gasteiger partial charge in [-0.05, 0) is 47.9 Å². The summed E-state index contributed by atoms with van der Waals surface area (Å²) in [6, 6.07) is 26.2. The Kier molecular flexibility index (Phi) is 5.41. The maximum atomic E-state index is 9.66. The lowest BCUT2D eigenvalue weighted by Crippen LogP contribution is -2.22. The van der Waals surface area contributed by atoms with Gasteiger partial charge in [-0.15, -0.1) is 0 Å². The first-order valence-electron chi connectivity index (χ1n) is 9.27. The minimum Gasteiger partial charge on any atom is -0.395 e. The summed E-state index contributed by atoms with van der Waals surface area (Å²) in [5, 5.41) is 12.0. The molecule has 2 aromatic heterocycles. The maximum absolute atomic E-state index is 9.66. The minimum atomic E-state index is 0.0406. The van der Waals surface area contributed by atoms with Gasteiger partial charge in [-0.2, -0.15) is 0 Å². The molecule has 0 aliphatic carbocycles. The Hall–Kier alpha value is -3.50. The van der Waals surface area contributed by atoms with Gasteiger partial charge in [0.25, 0.3) is 0 Å². The quantitative estimate of drug-likeness (QED) is 0.525. The summed E-state index contributed by atoms with van der Waals surface area (Å²) in [4.78, 5) is 11.2. The van der Waals surface area contributed by atoms with Crippen molar-refractivity contribution in [1.82, 2.24) is 9.97 Å². The molecule has 0 aliphatic heterocycles. The SMILES string of the molecule is OCCN(c1cccc(/C=C/c2ccccn2)n1)c1cccc2ccccc12. The maximum Gasteiger partial charge on any atom is 0.133 e. The number of hydrogen-bond acceptors (Lipinski definition) is 4. The largest absolute Gasteiger partial charge is 0.395 e. The van der Waals surface area contributed by atoms with Crippen molar-refractivity contribution < 1.29 is 5.11 Å². The molecule has 28 heavy (non-hydrogen) atoms. The van der Waals surface area contributed by atoms with Gasteiger partial charge in [0.1, 0.15) is 5.82 Å². The molecule has 2 heterocycles. The number of aliphatic hydroxyl groups is 1. The van der Waals surface area contributed by atoms with E-state index in [9.17, 15) is 5.11 Å². The molecule has 0 saturated heterocycles. The summed E-state index contributed by atoms with van der Waals surface area (Å²) in [5.74, 6) is 0.800. The molecule has 0 unspecified atom stereocenters. The molecule has 0 amide bonds. The molecule has 4 nitrogen and oxygen atoms in total. The van der Waals surface area contributed by atoms with E-state index < -0.39 is 0 Å². The van der Waals surface area contributed by atoms with Crippen molar-refractivity contribution >= 4 is 34.4 Å². The summed E-state index contributed by atoms with van der Waals surface area (Å²) in [7, 11) is 0. The number of anilines is 2. The Morgan fingerprint density at radius 1 is 0.786 bits per heavy atom. The fourth-order valence-corrected chi connectivity index (χ4v) is 3.23. The number of aromatic nitrogens is 2. The second-order valence-corrected chi connectivity index (χ2v) is 6.38. The highest BCUT2D eigenvalue weighted by molar-refractivity contribution is 5.95. The summed E-state index contributed by atoms with van der Waals surface area (Å²) < 4.78 is 0. The Balaban J connectivity index is 1.71. The first-order chi connectivity index (χ1) is 13.8. The Morgan fingerprint density at radius 2 is 1.54 bits per heavy atom. The predicted octanol–water partition coefficient (Wildman–Crippen LogP) is 4.93. The van der Waals surface area contributed by atoms with Crippen LogP contribution in [-0.4, -0.2) is 28.2 Å². The van der Waals surface area contributed by atoms with Crippen molar-refractivity contribution in [3.05, 3.63) is 96.4 Å². The molecule has 0 bridgehead atoms. The second-order valence-electron chi connectivity index (χ2n) is 6.38. The van der Waals surface area contributed by atoms with Gasteiger partial charge in [0.15, 0.2) is 0 Å². The molecule has 0 radical (unpaired) electrons. The van der Waals surface area contributed by atoms with Crippen LogP contribution in [0.3, 0.4) is 0 Å². The van der Waals surface area contributed by atoms with Gasteiger partial charge >= 0.3 is 0 Å². The van der Waals surface area contributed by atoms with E-state index in [-0.39, 0.29) is 6.61 Å². The highest BCUT2D eigenvalue weighted by Gasteiger charge is 2.13. The average molecular weight is 367 g/mol. The molecule has 138 valence electrons. The van der Waals surface area contributed by atoms with Crippen LogP contribution >= 0.6 is 0 Å². The van der Waals surface area contributed by atoms with Crippen LogP contribution in [0.5, 0.6) is 0 Å². The van der Waals surface area contributed by atoms with Crippen molar-refractivity contribution in [1.29, 1.82) is 0 Å². The fourth-order valence-electron chi connectivity index (χ4n) is 3.23. The molecule has 0 saturated carbocycles. The summed E-state index contributed by atoms with van der Waals surface area (Å²) >= 11 is 0. The highest BCUT2D eigenvalue weighted by atomic mass is 16.3. The summed E-state index contributed by atoms with van der Waals surface area (Å²) in [5.41, 5.74) is 2.76. The zero-order chi connectivity index (χ0) is 19.2. The second kappa shape index (κ2) is 8.46. The van der Waals surface area contributed by atoms with Crippen LogP contribution in [0.15, 0.2) is 85.1 Å². The highest BCUT2D eigenvalue weighted by Crippen LogP contribution is 2.31. The lowest BCUT2D eigenvalue weighted by molar-refractivity contribution is 0.305. The molecule has 4 rings (SSSR count). The first kappa shape index (κ1) is 17.9. The van der Waals surface area contributed by atoms with Crippen LogP contribution in [0, 0.1) is 0 Å². The van der Waals surface area contributed by atoms with Crippen molar-refractivity contribution in [3.8, 4) is 0 Å². The van der Waals surface area contributed by atoms with Gasteiger partial charge in [-0.3, -0.25) is 4.98 Å².